The van der Waals surface area contributed by atoms with Gasteiger partial charge in [0.1, 0.15) is 17.3 Å². The van der Waals surface area contributed by atoms with Crippen molar-refractivity contribution in [1.82, 2.24) is 0 Å². The van der Waals surface area contributed by atoms with Crippen molar-refractivity contribution in [2.75, 3.05) is 19.8 Å². The van der Waals surface area contributed by atoms with Gasteiger partial charge in [-0.05, 0) is 24.6 Å². The Morgan fingerprint density at radius 3 is 2.63 bits per heavy atom. The molecule has 0 bridgehead atoms. The third-order valence-corrected chi connectivity index (χ3v) is 3.51. The Hall–Kier alpha value is -0.820. The van der Waals surface area contributed by atoms with Crippen LogP contribution in [0.4, 0.5) is 0 Å². The van der Waals surface area contributed by atoms with Gasteiger partial charge in [-0.15, -0.1) is 0 Å². The highest BCUT2D eigenvalue weighted by molar-refractivity contribution is 7.89. The molecule has 0 fully saturated rings. The maximum Gasteiger partial charge on any atom is 0.241 e. The summed E-state index contributed by atoms with van der Waals surface area (Å²) in [6.07, 6.45) is 2.05. The van der Waals surface area contributed by atoms with Crippen molar-refractivity contribution in [2.24, 2.45) is 5.14 Å². The zero-order valence-corrected chi connectivity index (χ0v) is 12.3. The number of primary sulfonamides is 1. The highest BCUT2D eigenvalue weighted by Gasteiger charge is 2.15. The van der Waals surface area contributed by atoms with Crippen molar-refractivity contribution < 1.29 is 17.9 Å². The fourth-order valence-electron chi connectivity index (χ4n) is 1.38. The van der Waals surface area contributed by atoms with Gasteiger partial charge in [0.2, 0.25) is 10.0 Å². The summed E-state index contributed by atoms with van der Waals surface area (Å²) >= 11 is 5.74. The molecule has 2 N–H and O–H groups in total. The number of halogens is 1. The molecule has 7 heteroatoms. The number of ether oxygens (including phenoxy) is 2. The van der Waals surface area contributed by atoms with Crippen LogP contribution in [0.5, 0.6) is 5.75 Å². The number of hydrogen-bond acceptors (Lipinski definition) is 4. The third-order valence-electron chi connectivity index (χ3n) is 2.34. The molecule has 0 aliphatic heterocycles. The van der Waals surface area contributed by atoms with Gasteiger partial charge in [0.05, 0.1) is 6.61 Å². The zero-order valence-electron chi connectivity index (χ0n) is 10.8. The molecule has 0 heterocycles. The summed E-state index contributed by atoms with van der Waals surface area (Å²) in [5.41, 5.74) is 0. The van der Waals surface area contributed by atoms with Gasteiger partial charge in [0.15, 0.2) is 0 Å². The first-order chi connectivity index (χ1) is 8.95. The van der Waals surface area contributed by atoms with Crippen LogP contribution >= 0.6 is 11.6 Å². The van der Waals surface area contributed by atoms with Gasteiger partial charge >= 0.3 is 0 Å². The molecule has 0 amide bonds. The smallest absolute Gasteiger partial charge is 0.241 e. The number of nitrogens with two attached hydrogens (primary N) is 1. The van der Waals surface area contributed by atoms with E-state index in [0.29, 0.717) is 13.2 Å². The minimum atomic E-state index is -3.86. The van der Waals surface area contributed by atoms with Crippen molar-refractivity contribution in [2.45, 2.75) is 24.7 Å². The van der Waals surface area contributed by atoms with Gasteiger partial charge in [-0.1, -0.05) is 24.9 Å². The molecule has 1 aromatic rings. The molecule has 19 heavy (non-hydrogen) atoms. The van der Waals surface area contributed by atoms with Crippen molar-refractivity contribution in [3.8, 4) is 5.75 Å². The topological polar surface area (TPSA) is 78.6 Å². The van der Waals surface area contributed by atoms with Gasteiger partial charge in [-0.3, -0.25) is 0 Å². The summed E-state index contributed by atoms with van der Waals surface area (Å²) in [6.45, 7) is 3.40. The van der Waals surface area contributed by atoms with E-state index in [2.05, 4.69) is 6.92 Å². The molecule has 108 valence electrons. The summed E-state index contributed by atoms with van der Waals surface area (Å²) in [5.74, 6) is 0.186. The van der Waals surface area contributed by atoms with E-state index in [-0.39, 0.29) is 22.3 Å². The Morgan fingerprint density at radius 2 is 2.00 bits per heavy atom. The summed E-state index contributed by atoms with van der Waals surface area (Å²) < 4.78 is 33.4. The van der Waals surface area contributed by atoms with E-state index in [1.54, 1.807) is 6.07 Å². The fourth-order valence-corrected chi connectivity index (χ4v) is 2.32. The van der Waals surface area contributed by atoms with Gasteiger partial charge in [-0.2, -0.15) is 0 Å². The van der Waals surface area contributed by atoms with Crippen LogP contribution in [0.25, 0.3) is 0 Å². The monoisotopic (exact) mass is 307 g/mol. The molecular formula is C12H18ClNO4S. The second-order valence-corrected chi connectivity index (χ2v) is 5.92. The fraction of sp³-hybridized carbons (Fsp3) is 0.500. The van der Waals surface area contributed by atoms with Crippen LogP contribution in [-0.4, -0.2) is 28.2 Å². The standard InChI is InChI=1S/C12H18ClNO4S/c1-2-3-6-17-7-8-18-11-5-4-10(13)9-12(11)19(14,15)16/h4-5,9H,2-3,6-8H2,1H3,(H2,14,15,16). The van der Waals surface area contributed by atoms with E-state index in [1.165, 1.54) is 12.1 Å². The van der Waals surface area contributed by atoms with Crippen LogP contribution in [0, 0.1) is 0 Å². The first kappa shape index (κ1) is 16.2. The highest BCUT2D eigenvalue weighted by Crippen LogP contribution is 2.26. The van der Waals surface area contributed by atoms with E-state index in [0.717, 1.165) is 12.8 Å². The summed E-state index contributed by atoms with van der Waals surface area (Å²) in [7, 11) is -3.86. The molecule has 0 radical (unpaired) electrons. The van der Waals surface area contributed by atoms with Crippen molar-refractivity contribution >= 4 is 21.6 Å². The second kappa shape index (κ2) is 7.69. The number of rotatable bonds is 8. The maximum absolute atomic E-state index is 11.4. The molecule has 5 nitrogen and oxygen atoms in total. The zero-order chi connectivity index (χ0) is 14.3. The Labute approximate surface area is 118 Å². The normalized spacial score (nSPS) is 11.5. The van der Waals surface area contributed by atoms with Crippen LogP contribution in [0.2, 0.25) is 5.02 Å². The second-order valence-electron chi connectivity index (χ2n) is 3.95. The lowest BCUT2D eigenvalue weighted by atomic mass is 10.3. The lowest BCUT2D eigenvalue weighted by molar-refractivity contribution is 0.0971. The molecule has 0 aromatic heterocycles. The molecule has 0 saturated heterocycles. The van der Waals surface area contributed by atoms with E-state index < -0.39 is 10.0 Å². The molecule has 0 aliphatic rings. The van der Waals surface area contributed by atoms with Crippen LogP contribution in [0.1, 0.15) is 19.8 Å². The maximum atomic E-state index is 11.4. The third kappa shape index (κ3) is 5.78. The first-order valence-corrected chi connectivity index (χ1v) is 7.90. The average Bonchev–Trinajstić information content (AvgIpc) is 2.34. The van der Waals surface area contributed by atoms with Gasteiger partial charge in [-0.25, -0.2) is 13.6 Å². The Morgan fingerprint density at radius 1 is 1.26 bits per heavy atom. The lowest BCUT2D eigenvalue weighted by Crippen LogP contribution is -2.15. The molecule has 0 saturated carbocycles. The van der Waals surface area contributed by atoms with Gasteiger partial charge in [0.25, 0.3) is 0 Å². The van der Waals surface area contributed by atoms with E-state index >= 15 is 0 Å². The molecule has 1 aromatic carbocycles. The number of hydrogen-bond donors (Lipinski definition) is 1. The minimum Gasteiger partial charge on any atom is -0.490 e. The van der Waals surface area contributed by atoms with Gasteiger partial charge < -0.3 is 9.47 Å². The SMILES string of the molecule is CCCCOCCOc1ccc(Cl)cc1S(N)(=O)=O. The number of benzene rings is 1. The Bertz CT molecular complexity index is 504. The molecular weight excluding hydrogens is 290 g/mol. The molecule has 0 spiro atoms. The van der Waals surface area contributed by atoms with E-state index in [9.17, 15) is 8.42 Å². The summed E-state index contributed by atoms with van der Waals surface area (Å²) in [4.78, 5) is -0.117. The summed E-state index contributed by atoms with van der Waals surface area (Å²) in [5, 5.41) is 5.39. The number of unbranched alkanes of at least 4 members (excludes halogenated alkanes) is 1. The predicted molar refractivity (Wildman–Crippen MR) is 74.0 cm³/mol. The van der Waals surface area contributed by atoms with E-state index in [1.807, 2.05) is 0 Å². The lowest BCUT2D eigenvalue weighted by Gasteiger charge is -2.10. The van der Waals surface area contributed by atoms with Crippen molar-refractivity contribution in [3.05, 3.63) is 23.2 Å². The van der Waals surface area contributed by atoms with Crippen LogP contribution in [0.15, 0.2) is 23.1 Å². The first-order valence-electron chi connectivity index (χ1n) is 5.98. The Balaban J connectivity index is 2.59. The van der Waals surface area contributed by atoms with Crippen LogP contribution in [-0.2, 0) is 14.8 Å². The minimum absolute atomic E-state index is 0.117. The molecule has 0 unspecified atom stereocenters. The average molecular weight is 308 g/mol. The van der Waals surface area contributed by atoms with Crippen molar-refractivity contribution in [3.63, 3.8) is 0 Å². The quantitative estimate of drug-likeness (QED) is 0.747. The van der Waals surface area contributed by atoms with Crippen molar-refractivity contribution in [1.29, 1.82) is 0 Å². The van der Waals surface area contributed by atoms with Crippen LogP contribution < -0.4 is 9.88 Å². The predicted octanol–water partition coefficient (Wildman–Crippen LogP) is 2.18. The van der Waals surface area contributed by atoms with E-state index in [4.69, 9.17) is 26.2 Å². The Kier molecular flexibility index (Phi) is 6.57. The molecule has 0 aliphatic carbocycles. The summed E-state index contributed by atoms with van der Waals surface area (Å²) in [6, 6.07) is 4.29. The molecule has 1 rings (SSSR count). The largest absolute Gasteiger partial charge is 0.490 e. The van der Waals surface area contributed by atoms with Gasteiger partial charge in [0, 0.05) is 11.6 Å². The number of sulfonamides is 1. The van der Waals surface area contributed by atoms with Crippen LogP contribution in [0.3, 0.4) is 0 Å². The molecule has 0 atom stereocenters. The highest BCUT2D eigenvalue weighted by atomic mass is 35.5.